The summed E-state index contributed by atoms with van der Waals surface area (Å²) in [6.07, 6.45) is 8.81. The van der Waals surface area contributed by atoms with E-state index in [4.69, 9.17) is 5.73 Å². The average Bonchev–Trinajstić information content (AvgIpc) is 2.84. The number of likely N-dealkylation sites (N-methyl/N-ethyl adjacent to an activating group) is 1. The first-order valence-electron chi connectivity index (χ1n) is 10.9. The third-order valence-electron chi connectivity index (χ3n) is 5.95. The van der Waals surface area contributed by atoms with Crippen LogP contribution in [0.2, 0.25) is 0 Å². The number of nitrogens with two attached hydrogens (primary N) is 1. The summed E-state index contributed by atoms with van der Waals surface area (Å²) in [5.74, 6) is 0.876. The number of pyridine rings is 4. The predicted octanol–water partition coefficient (Wildman–Crippen LogP) is 2.85. The molecule has 166 valence electrons. The first-order chi connectivity index (χ1) is 16.0. The second-order valence-corrected chi connectivity index (χ2v) is 8.39. The monoisotopic (exact) mass is 439 g/mol. The molecular formula is C25H25N7O. The summed E-state index contributed by atoms with van der Waals surface area (Å²) < 4.78 is 0. The topological polar surface area (TPSA) is 101 Å². The van der Waals surface area contributed by atoms with Gasteiger partial charge in [0, 0.05) is 79.4 Å². The molecule has 1 aliphatic heterocycles. The Balaban J connectivity index is 1.36. The summed E-state index contributed by atoms with van der Waals surface area (Å²) in [6.45, 7) is 3.80. The molecule has 0 aromatic carbocycles. The van der Waals surface area contributed by atoms with Crippen LogP contribution in [0.4, 0.5) is 11.5 Å². The predicted molar refractivity (Wildman–Crippen MR) is 129 cm³/mol. The van der Waals surface area contributed by atoms with Gasteiger partial charge in [-0.2, -0.15) is 0 Å². The highest BCUT2D eigenvalue weighted by Crippen LogP contribution is 2.23. The summed E-state index contributed by atoms with van der Waals surface area (Å²) in [4.78, 5) is 35.2. The van der Waals surface area contributed by atoms with Crippen LogP contribution < -0.4 is 10.6 Å². The zero-order chi connectivity index (χ0) is 22.8. The van der Waals surface area contributed by atoms with E-state index in [9.17, 15) is 4.79 Å². The van der Waals surface area contributed by atoms with Crippen LogP contribution in [0.25, 0.3) is 22.0 Å². The highest BCUT2D eigenvalue weighted by molar-refractivity contribution is 5.98. The number of hydrogen-bond acceptors (Lipinski definition) is 8. The van der Waals surface area contributed by atoms with E-state index in [1.54, 1.807) is 37.1 Å². The van der Waals surface area contributed by atoms with Crippen molar-refractivity contribution in [2.24, 2.45) is 0 Å². The van der Waals surface area contributed by atoms with Crippen molar-refractivity contribution in [3.8, 4) is 11.3 Å². The van der Waals surface area contributed by atoms with Crippen LogP contribution in [-0.2, 0) is 6.42 Å². The van der Waals surface area contributed by atoms with Crippen molar-refractivity contribution in [1.82, 2.24) is 24.8 Å². The van der Waals surface area contributed by atoms with Gasteiger partial charge >= 0.3 is 0 Å². The van der Waals surface area contributed by atoms with Gasteiger partial charge in [0.15, 0.2) is 5.78 Å². The zero-order valence-electron chi connectivity index (χ0n) is 18.5. The normalized spacial score (nSPS) is 14.5. The van der Waals surface area contributed by atoms with Crippen molar-refractivity contribution < 1.29 is 4.79 Å². The quantitative estimate of drug-likeness (QED) is 0.474. The fourth-order valence-corrected chi connectivity index (χ4v) is 4.00. The molecule has 1 saturated heterocycles. The molecule has 0 amide bonds. The Hall–Kier alpha value is -3.91. The van der Waals surface area contributed by atoms with Gasteiger partial charge in [-0.15, -0.1) is 0 Å². The van der Waals surface area contributed by atoms with Gasteiger partial charge in [-0.3, -0.25) is 19.7 Å². The number of hydrogen-bond donors (Lipinski definition) is 1. The fourth-order valence-electron chi connectivity index (χ4n) is 4.00. The first-order valence-corrected chi connectivity index (χ1v) is 10.9. The van der Waals surface area contributed by atoms with Crippen LogP contribution in [0.1, 0.15) is 16.1 Å². The molecule has 2 N–H and O–H groups in total. The van der Waals surface area contributed by atoms with Crippen molar-refractivity contribution >= 4 is 28.1 Å². The lowest BCUT2D eigenvalue weighted by Gasteiger charge is -2.33. The van der Waals surface area contributed by atoms with Gasteiger partial charge < -0.3 is 15.5 Å². The van der Waals surface area contributed by atoms with E-state index in [-0.39, 0.29) is 12.2 Å². The van der Waals surface area contributed by atoms with Crippen molar-refractivity contribution in [3.05, 3.63) is 72.6 Å². The number of fused-ring (bicyclic) bond motifs is 1. The Morgan fingerprint density at radius 1 is 0.939 bits per heavy atom. The maximum Gasteiger partial charge on any atom is 0.169 e. The number of rotatable bonds is 5. The van der Waals surface area contributed by atoms with E-state index in [1.807, 2.05) is 24.3 Å². The van der Waals surface area contributed by atoms with Crippen molar-refractivity contribution in [2.45, 2.75) is 6.42 Å². The van der Waals surface area contributed by atoms with Crippen LogP contribution in [0, 0.1) is 0 Å². The first kappa shape index (κ1) is 21.0. The van der Waals surface area contributed by atoms with E-state index in [0.717, 1.165) is 54.0 Å². The van der Waals surface area contributed by atoms with Crippen LogP contribution >= 0.6 is 0 Å². The number of ketones is 1. The number of anilines is 2. The number of carbonyl (C=O) groups excluding carboxylic acids is 1. The summed E-state index contributed by atoms with van der Waals surface area (Å²) >= 11 is 0. The highest BCUT2D eigenvalue weighted by Gasteiger charge is 2.17. The largest absolute Gasteiger partial charge is 0.397 e. The maximum atomic E-state index is 13.0. The summed E-state index contributed by atoms with van der Waals surface area (Å²) in [7, 11) is 2.12. The molecule has 0 spiro atoms. The maximum absolute atomic E-state index is 13.0. The van der Waals surface area contributed by atoms with Crippen LogP contribution in [-0.4, -0.2) is 63.8 Å². The molecule has 0 unspecified atom stereocenters. The third kappa shape index (κ3) is 4.65. The number of nitrogens with zero attached hydrogens (tertiary/aromatic N) is 6. The van der Waals surface area contributed by atoms with E-state index in [2.05, 4.69) is 36.8 Å². The Morgan fingerprint density at radius 3 is 2.58 bits per heavy atom. The lowest BCUT2D eigenvalue weighted by Crippen LogP contribution is -2.44. The lowest BCUT2D eigenvalue weighted by atomic mass is 10.0. The Bertz CT molecular complexity index is 1320. The Labute approximate surface area is 192 Å². The molecule has 0 atom stereocenters. The van der Waals surface area contributed by atoms with Crippen molar-refractivity contribution in [2.75, 3.05) is 43.9 Å². The summed E-state index contributed by atoms with van der Waals surface area (Å²) in [5.41, 5.74) is 9.44. The molecular weight excluding hydrogens is 414 g/mol. The molecule has 0 aliphatic carbocycles. The standard InChI is InChI=1S/C25H25N7O/c1-31-4-6-32(7-5-31)25-11-17(2-3-28-25)24(33)12-22-9-18-10-23(30-15-20(18)14-29-22)19-8-21(26)16-27-13-19/h2-3,8-11,13-16H,4-7,12,26H2,1H3. The van der Waals surface area contributed by atoms with Gasteiger partial charge in [-0.25, -0.2) is 4.98 Å². The van der Waals surface area contributed by atoms with E-state index in [1.165, 1.54) is 0 Å². The van der Waals surface area contributed by atoms with Gasteiger partial charge in [0.2, 0.25) is 0 Å². The SMILES string of the molecule is CN1CCN(c2cc(C(=O)Cc3cc4cc(-c5cncc(N)c5)ncc4cn3)ccn2)CC1. The molecule has 4 aromatic heterocycles. The fraction of sp³-hybridized carbons (Fsp3) is 0.240. The van der Waals surface area contributed by atoms with Gasteiger partial charge in [-0.05, 0) is 42.8 Å². The zero-order valence-corrected chi connectivity index (χ0v) is 18.5. The van der Waals surface area contributed by atoms with E-state index in [0.29, 0.717) is 16.9 Å². The number of carbonyl (C=O) groups is 1. The second kappa shape index (κ2) is 8.91. The molecule has 8 nitrogen and oxygen atoms in total. The molecule has 4 aromatic rings. The average molecular weight is 440 g/mol. The Kier molecular flexibility index (Phi) is 5.66. The van der Waals surface area contributed by atoms with E-state index < -0.39 is 0 Å². The van der Waals surface area contributed by atoms with Crippen LogP contribution in [0.3, 0.4) is 0 Å². The molecule has 33 heavy (non-hydrogen) atoms. The van der Waals surface area contributed by atoms with Gasteiger partial charge in [0.1, 0.15) is 5.82 Å². The molecule has 5 rings (SSSR count). The second-order valence-electron chi connectivity index (χ2n) is 8.39. The molecule has 0 saturated carbocycles. The molecule has 5 heterocycles. The highest BCUT2D eigenvalue weighted by atomic mass is 16.1. The van der Waals surface area contributed by atoms with Crippen LogP contribution in [0.15, 0.2) is 61.3 Å². The number of nitrogen functional groups attached to an aromatic ring is 1. The van der Waals surface area contributed by atoms with Gasteiger partial charge in [0.05, 0.1) is 17.8 Å². The molecule has 0 bridgehead atoms. The number of piperazine rings is 1. The van der Waals surface area contributed by atoms with Gasteiger partial charge in [-0.1, -0.05) is 0 Å². The summed E-state index contributed by atoms with van der Waals surface area (Å²) in [5, 5.41) is 1.88. The summed E-state index contributed by atoms with van der Waals surface area (Å²) in [6, 6.07) is 9.43. The molecule has 1 fully saturated rings. The molecule has 0 radical (unpaired) electrons. The van der Waals surface area contributed by atoms with Gasteiger partial charge in [0.25, 0.3) is 0 Å². The lowest BCUT2D eigenvalue weighted by molar-refractivity contribution is 0.0992. The number of aromatic nitrogens is 4. The van der Waals surface area contributed by atoms with Crippen molar-refractivity contribution in [3.63, 3.8) is 0 Å². The van der Waals surface area contributed by atoms with Crippen LogP contribution in [0.5, 0.6) is 0 Å². The third-order valence-corrected chi connectivity index (χ3v) is 5.95. The minimum Gasteiger partial charge on any atom is -0.397 e. The minimum atomic E-state index is 0.0222. The molecule has 8 heteroatoms. The minimum absolute atomic E-state index is 0.0222. The van der Waals surface area contributed by atoms with E-state index >= 15 is 0 Å². The number of Topliss-reactive ketones (excluding diaryl/α,β-unsaturated/α-hetero) is 1. The smallest absolute Gasteiger partial charge is 0.169 e. The van der Waals surface area contributed by atoms with Crippen molar-refractivity contribution in [1.29, 1.82) is 0 Å². The Morgan fingerprint density at radius 2 is 1.76 bits per heavy atom. The molecule has 1 aliphatic rings.